The van der Waals surface area contributed by atoms with Gasteiger partial charge in [-0.3, -0.25) is 4.98 Å². The minimum atomic E-state index is -0.205. The van der Waals surface area contributed by atoms with Crippen molar-refractivity contribution in [1.82, 2.24) is 14.9 Å². The first-order valence-corrected chi connectivity index (χ1v) is 9.85. The Hall–Kier alpha value is -3.60. The smallest absolute Gasteiger partial charge is 0.322 e. The first-order valence-electron chi connectivity index (χ1n) is 9.85. The van der Waals surface area contributed by atoms with Gasteiger partial charge >= 0.3 is 6.03 Å². The van der Waals surface area contributed by atoms with E-state index in [1.165, 1.54) is 10.9 Å². The first-order chi connectivity index (χ1) is 14.2. The summed E-state index contributed by atoms with van der Waals surface area (Å²) >= 11 is 0. The van der Waals surface area contributed by atoms with E-state index in [4.69, 9.17) is 0 Å². The summed E-state index contributed by atoms with van der Waals surface area (Å²) < 4.78 is 0. The zero-order valence-corrected chi connectivity index (χ0v) is 16.2. The monoisotopic (exact) mass is 382 g/mol. The fourth-order valence-electron chi connectivity index (χ4n) is 4.24. The number of aromatic amines is 1. The predicted molar refractivity (Wildman–Crippen MR) is 115 cm³/mol. The molecule has 5 rings (SSSR count). The summed E-state index contributed by atoms with van der Waals surface area (Å²) in [5.41, 5.74) is 6.35. The van der Waals surface area contributed by atoms with Crippen LogP contribution >= 0.6 is 0 Å². The average Bonchev–Trinajstić information content (AvgIpc) is 3.14. The molecule has 0 bridgehead atoms. The van der Waals surface area contributed by atoms with Gasteiger partial charge in [-0.25, -0.2) is 4.79 Å². The Balaban J connectivity index is 1.58. The number of rotatable bonds is 2. The van der Waals surface area contributed by atoms with E-state index in [2.05, 4.69) is 33.5 Å². The third-order valence-electron chi connectivity index (χ3n) is 5.68. The van der Waals surface area contributed by atoms with Gasteiger partial charge in [-0.05, 0) is 48.2 Å². The zero-order chi connectivity index (χ0) is 19.8. The first kappa shape index (κ1) is 17.5. The van der Waals surface area contributed by atoms with E-state index < -0.39 is 0 Å². The number of nitrogens with one attached hydrogen (secondary N) is 2. The lowest BCUT2D eigenvalue weighted by atomic mass is 9.93. The lowest BCUT2D eigenvalue weighted by Gasteiger charge is -2.36. The lowest BCUT2D eigenvalue weighted by molar-refractivity contribution is 0.193. The number of urea groups is 1. The van der Waals surface area contributed by atoms with Crippen LogP contribution in [0.3, 0.4) is 0 Å². The van der Waals surface area contributed by atoms with Crippen LogP contribution < -0.4 is 5.32 Å². The Morgan fingerprint density at radius 2 is 1.93 bits per heavy atom. The maximum Gasteiger partial charge on any atom is 0.322 e. The highest BCUT2D eigenvalue weighted by molar-refractivity contribution is 5.92. The molecule has 0 spiro atoms. The van der Waals surface area contributed by atoms with Gasteiger partial charge in [0.2, 0.25) is 0 Å². The van der Waals surface area contributed by atoms with Crippen LogP contribution in [0.15, 0.2) is 73.1 Å². The minimum absolute atomic E-state index is 0.0996. The largest absolute Gasteiger partial charge is 0.356 e. The van der Waals surface area contributed by atoms with Gasteiger partial charge in [-0.2, -0.15) is 0 Å². The lowest BCUT2D eigenvalue weighted by Crippen LogP contribution is -2.43. The molecule has 0 radical (unpaired) electrons. The van der Waals surface area contributed by atoms with Crippen LogP contribution in [0.4, 0.5) is 10.5 Å². The van der Waals surface area contributed by atoms with Crippen molar-refractivity contribution in [1.29, 1.82) is 0 Å². The summed E-state index contributed by atoms with van der Waals surface area (Å²) in [5.74, 6) is 0. The van der Waals surface area contributed by atoms with Gasteiger partial charge in [0.1, 0.15) is 6.04 Å². The predicted octanol–water partition coefficient (Wildman–Crippen LogP) is 5.05. The maximum absolute atomic E-state index is 13.3. The van der Waals surface area contributed by atoms with Crippen LogP contribution in [0.25, 0.3) is 10.9 Å². The van der Waals surface area contributed by atoms with E-state index in [-0.39, 0.29) is 12.1 Å². The quantitative estimate of drug-likeness (QED) is 0.510. The van der Waals surface area contributed by atoms with E-state index in [1.54, 1.807) is 6.20 Å². The number of amides is 2. The Morgan fingerprint density at radius 3 is 2.76 bits per heavy atom. The molecule has 144 valence electrons. The Kier molecular flexibility index (Phi) is 4.28. The number of hydrogen-bond acceptors (Lipinski definition) is 2. The van der Waals surface area contributed by atoms with Crippen LogP contribution in [0, 0.1) is 6.92 Å². The normalized spacial score (nSPS) is 15.9. The van der Waals surface area contributed by atoms with Gasteiger partial charge in [0.15, 0.2) is 0 Å². The van der Waals surface area contributed by atoms with Crippen LogP contribution in [-0.2, 0) is 6.42 Å². The van der Waals surface area contributed by atoms with Gasteiger partial charge in [0, 0.05) is 41.2 Å². The van der Waals surface area contributed by atoms with Crippen molar-refractivity contribution in [3.8, 4) is 0 Å². The summed E-state index contributed by atoms with van der Waals surface area (Å²) in [4.78, 5) is 23.1. The average molecular weight is 382 g/mol. The van der Waals surface area contributed by atoms with Crippen molar-refractivity contribution in [3.05, 3.63) is 95.4 Å². The molecule has 2 aromatic heterocycles. The molecule has 0 saturated heterocycles. The second-order valence-electron chi connectivity index (χ2n) is 7.44. The Morgan fingerprint density at radius 1 is 1.10 bits per heavy atom. The molecule has 0 saturated carbocycles. The van der Waals surface area contributed by atoms with E-state index >= 15 is 0 Å². The van der Waals surface area contributed by atoms with E-state index in [9.17, 15) is 4.79 Å². The molecule has 1 atom stereocenters. The highest BCUT2D eigenvalue weighted by Gasteiger charge is 2.34. The molecule has 5 heteroatoms. The van der Waals surface area contributed by atoms with Gasteiger partial charge in [-0.15, -0.1) is 0 Å². The van der Waals surface area contributed by atoms with Crippen molar-refractivity contribution in [2.24, 2.45) is 0 Å². The highest BCUT2D eigenvalue weighted by atomic mass is 16.2. The highest BCUT2D eigenvalue weighted by Crippen LogP contribution is 2.38. The number of fused-ring (bicyclic) bond motifs is 3. The van der Waals surface area contributed by atoms with Crippen LogP contribution in [0.2, 0.25) is 0 Å². The second-order valence-corrected chi connectivity index (χ2v) is 7.44. The molecule has 2 amide bonds. The van der Waals surface area contributed by atoms with Crippen LogP contribution in [0.1, 0.15) is 28.4 Å². The van der Waals surface area contributed by atoms with Gasteiger partial charge in [-0.1, -0.05) is 42.5 Å². The van der Waals surface area contributed by atoms with Gasteiger partial charge in [0.05, 0.1) is 0 Å². The number of nitrogens with zero attached hydrogens (tertiary/aromatic N) is 2. The van der Waals surface area contributed by atoms with Crippen molar-refractivity contribution < 1.29 is 4.79 Å². The molecule has 0 fully saturated rings. The van der Waals surface area contributed by atoms with E-state index in [0.717, 1.165) is 34.4 Å². The fraction of sp³-hybridized carbons (Fsp3) is 0.167. The summed E-state index contributed by atoms with van der Waals surface area (Å²) in [6.45, 7) is 2.65. The van der Waals surface area contributed by atoms with Gasteiger partial charge < -0.3 is 15.2 Å². The number of carbonyl (C=O) groups is 1. The molecule has 1 aliphatic heterocycles. The molecular formula is C24H22N4O. The maximum atomic E-state index is 13.3. The van der Waals surface area contributed by atoms with Crippen molar-refractivity contribution in [3.63, 3.8) is 0 Å². The number of pyridine rings is 1. The molecule has 1 unspecified atom stereocenters. The third-order valence-corrected chi connectivity index (χ3v) is 5.68. The second kappa shape index (κ2) is 7.09. The number of para-hydroxylation sites is 2. The Bertz CT molecular complexity index is 1180. The van der Waals surface area contributed by atoms with E-state index in [1.807, 2.05) is 60.5 Å². The molecule has 29 heavy (non-hydrogen) atoms. The third kappa shape index (κ3) is 3.05. The van der Waals surface area contributed by atoms with Crippen molar-refractivity contribution in [2.75, 3.05) is 11.9 Å². The van der Waals surface area contributed by atoms with Crippen molar-refractivity contribution >= 4 is 22.6 Å². The number of H-pyrrole nitrogens is 1. The number of aryl methyl sites for hydroxylation is 1. The molecule has 2 aromatic carbocycles. The molecule has 1 aliphatic rings. The molecule has 5 nitrogen and oxygen atoms in total. The van der Waals surface area contributed by atoms with Crippen molar-refractivity contribution in [2.45, 2.75) is 19.4 Å². The molecular weight excluding hydrogens is 360 g/mol. The molecule has 0 aliphatic carbocycles. The summed E-state index contributed by atoms with van der Waals surface area (Å²) in [5, 5.41) is 4.33. The molecule has 4 aromatic rings. The molecule has 2 N–H and O–H groups in total. The minimum Gasteiger partial charge on any atom is -0.356 e. The number of hydrogen-bond donors (Lipinski definition) is 2. The number of carbonyl (C=O) groups excluding carboxylic acids is 1. The SMILES string of the molecule is Cc1ccccc1NC(=O)N1CCc2c([nH]c3ccccc23)C1c1cccnc1. The fourth-order valence-corrected chi connectivity index (χ4v) is 4.24. The van der Waals surface area contributed by atoms with E-state index in [0.29, 0.717) is 6.54 Å². The number of benzene rings is 2. The van der Waals surface area contributed by atoms with Crippen LogP contribution in [0.5, 0.6) is 0 Å². The van der Waals surface area contributed by atoms with Gasteiger partial charge in [0.25, 0.3) is 0 Å². The summed E-state index contributed by atoms with van der Waals surface area (Å²) in [7, 11) is 0. The Labute approximate surface area is 169 Å². The summed E-state index contributed by atoms with van der Waals surface area (Å²) in [6, 6.07) is 19.8. The summed E-state index contributed by atoms with van der Waals surface area (Å²) in [6.07, 6.45) is 4.42. The standard InChI is InChI=1S/C24H22N4O/c1-16-7-2-4-10-20(16)27-24(29)28-14-12-19-18-9-3-5-11-21(18)26-22(19)23(28)17-8-6-13-25-15-17/h2-11,13,15,23,26H,12,14H2,1H3,(H,27,29). The topological polar surface area (TPSA) is 61.0 Å². The van der Waals surface area contributed by atoms with Crippen LogP contribution in [-0.4, -0.2) is 27.4 Å². The molecule has 3 heterocycles. The number of anilines is 1. The zero-order valence-electron chi connectivity index (χ0n) is 16.2. The number of aromatic nitrogens is 2.